The van der Waals surface area contributed by atoms with E-state index in [1.54, 1.807) is 18.2 Å². The van der Waals surface area contributed by atoms with Crippen molar-refractivity contribution in [3.05, 3.63) is 80.2 Å². The van der Waals surface area contributed by atoms with Crippen molar-refractivity contribution in [3.8, 4) is 17.1 Å². The number of hydrogen-bond acceptors (Lipinski definition) is 7. The molecule has 0 aliphatic carbocycles. The van der Waals surface area contributed by atoms with E-state index < -0.39 is 16.6 Å². The van der Waals surface area contributed by atoms with Crippen molar-refractivity contribution in [1.82, 2.24) is 0 Å². The predicted octanol–water partition coefficient (Wildman–Crippen LogP) is 6.06. The Bertz CT molecular complexity index is 1310. The number of hydrogen-bond donors (Lipinski definition) is 0. The molecule has 0 radical (unpaired) electrons. The van der Waals surface area contributed by atoms with Crippen LogP contribution in [0.3, 0.4) is 0 Å². The second kappa shape index (κ2) is 8.73. The van der Waals surface area contributed by atoms with Gasteiger partial charge in [0, 0.05) is 6.08 Å². The molecule has 2 aromatic carbocycles. The molecule has 0 unspecified atom stereocenters. The van der Waals surface area contributed by atoms with Crippen LogP contribution in [0, 0.1) is 15.9 Å². The zero-order valence-corrected chi connectivity index (χ0v) is 18.6. The minimum Gasteiger partial charge on any atom is -0.497 e. The van der Waals surface area contributed by atoms with E-state index in [1.165, 1.54) is 42.4 Å². The van der Waals surface area contributed by atoms with Gasteiger partial charge in [0.1, 0.15) is 23.1 Å². The van der Waals surface area contributed by atoms with Gasteiger partial charge >= 0.3 is 0 Å². The van der Waals surface area contributed by atoms with Crippen molar-refractivity contribution in [2.75, 3.05) is 12.0 Å². The normalized spacial score (nSPS) is 15.0. The van der Waals surface area contributed by atoms with Crippen molar-refractivity contribution in [2.24, 2.45) is 0 Å². The van der Waals surface area contributed by atoms with Gasteiger partial charge in [-0.15, -0.1) is 0 Å². The number of carbonyl (C=O) groups excluding carboxylic acids is 1. The Morgan fingerprint density at radius 3 is 2.72 bits per heavy atom. The van der Waals surface area contributed by atoms with Crippen LogP contribution >= 0.6 is 35.6 Å². The molecule has 0 N–H and O–H groups in total. The second-order valence-corrected chi connectivity index (χ2v) is 8.54. The van der Waals surface area contributed by atoms with Gasteiger partial charge in [-0.3, -0.25) is 19.8 Å². The average Bonchev–Trinajstić information content (AvgIpc) is 3.34. The maximum Gasteiger partial charge on any atom is 0.284 e. The third-order valence-corrected chi connectivity index (χ3v) is 6.11. The fraction of sp³-hybridized carbons (Fsp3) is 0.0476. The molecule has 0 bridgehead atoms. The fourth-order valence-electron chi connectivity index (χ4n) is 3.02. The highest BCUT2D eigenvalue weighted by molar-refractivity contribution is 8.27. The van der Waals surface area contributed by atoms with Crippen LogP contribution in [0.25, 0.3) is 17.4 Å². The maximum atomic E-state index is 13.5. The molecule has 11 heteroatoms. The van der Waals surface area contributed by atoms with Gasteiger partial charge in [-0.25, -0.2) is 4.39 Å². The fourth-order valence-corrected chi connectivity index (χ4v) is 4.47. The van der Waals surface area contributed by atoms with E-state index in [0.717, 1.165) is 17.8 Å². The molecule has 1 saturated heterocycles. The van der Waals surface area contributed by atoms with Crippen molar-refractivity contribution >= 4 is 63.3 Å². The molecule has 1 aromatic heterocycles. The monoisotopic (exact) mass is 490 g/mol. The van der Waals surface area contributed by atoms with Crippen LogP contribution in [0.1, 0.15) is 5.76 Å². The molecule has 1 aliphatic rings. The first-order chi connectivity index (χ1) is 15.3. The van der Waals surface area contributed by atoms with E-state index in [-0.39, 0.29) is 31.3 Å². The van der Waals surface area contributed by atoms with E-state index >= 15 is 0 Å². The number of methoxy groups -OCH3 is 1. The van der Waals surface area contributed by atoms with Crippen molar-refractivity contribution in [3.63, 3.8) is 0 Å². The SMILES string of the molecule is COc1ccc(-c2ccc(/C=C3/SC(=S)N(c4ccc(F)c(Cl)c4)C3=O)o2)c([N+](=O)[O-])c1. The zero-order valence-electron chi connectivity index (χ0n) is 16.2. The smallest absolute Gasteiger partial charge is 0.284 e. The standard InChI is InChI=1S/C21H12ClFN2O5S2/c1-29-12-3-5-14(17(9-12)25(27)28)18-7-4-13(30-18)10-19-20(26)24(21(31)32-19)11-2-6-16(23)15(22)8-11/h2-10H,1H3/b19-10+. The molecule has 7 nitrogen and oxygen atoms in total. The third-order valence-electron chi connectivity index (χ3n) is 4.52. The predicted molar refractivity (Wildman–Crippen MR) is 124 cm³/mol. The highest BCUT2D eigenvalue weighted by Crippen LogP contribution is 2.39. The Morgan fingerprint density at radius 1 is 1.25 bits per heavy atom. The topological polar surface area (TPSA) is 85.8 Å². The number of nitro groups is 1. The average molecular weight is 491 g/mol. The van der Waals surface area contributed by atoms with Gasteiger partial charge in [0.05, 0.1) is 39.3 Å². The highest BCUT2D eigenvalue weighted by Gasteiger charge is 2.34. The number of thioether (sulfide) groups is 1. The Kier molecular flexibility index (Phi) is 6.00. The van der Waals surface area contributed by atoms with Crippen molar-refractivity contribution in [1.29, 1.82) is 0 Å². The molecule has 0 atom stereocenters. The summed E-state index contributed by atoms with van der Waals surface area (Å²) in [5.41, 5.74) is 0.435. The minimum absolute atomic E-state index is 0.128. The number of ether oxygens (including phenoxy) is 1. The van der Waals surface area contributed by atoms with E-state index in [1.807, 2.05) is 0 Å². The number of rotatable bonds is 5. The van der Waals surface area contributed by atoms with Gasteiger partial charge in [0.2, 0.25) is 0 Å². The number of benzene rings is 2. The van der Waals surface area contributed by atoms with Crippen molar-refractivity contribution < 1.29 is 23.3 Å². The van der Waals surface area contributed by atoms with Crippen LogP contribution in [0.2, 0.25) is 5.02 Å². The Balaban J connectivity index is 1.64. The quantitative estimate of drug-likeness (QED) is 0.186. The molecule has 3 aromatic rings. The summed E-state index contributed by atoms with van der Waals surface area (Å²) in [5.74, 6) is -0.117. The summed E-state index contributed by atoms with van der Waals surface area (Å²) in [5, 5.41) is 11.3. The third kappa shape index (κ3) is 4.12. The first-order valence-corrected chi connectivity index (χ1v) is 10.5. The molecular formula is C21H12ClFN2O5S2. The van der Waals surface area contributed by atoms with Gasteiger partial charge in [-0.1, -0.05) is 35.6 Å². The number of anilines is 1. The second-order valence-electron chi connectivity index (χ2n) is 6.46. The lowest BCUT2D eigenvalue weighted by Gasteiger charge is -2.14. The molecule has 2 heterocycles. The van der Waals surface area contributed by atoms with Crippen LogP contribution in [-0.4, -0.2) is 22.3 Å². The molecule has 0 saturated carbocycles. The molecule has 0 spiro atoms. The first kappa shape index (κ1) is 22.0. The molecular weight excluding hydrogens is 479 g/mol. The molecule has 1 fully saturated rings. The number of halogens is 2. The first-order valence-electron chi connectivity index (χ1n) is 8.94. The minimum atomic E-state index is -0.605. The number of nitrogens with zero attached hydrogens (tertiary/aromatic N) is 2. The van der Waals surface area contributed by atoms with Gasteiger partial charge in [0.25, 0.3) is 11.6 Å². The zero-order chi connectivity index (χ0) is 23.0. The van der Waals surface area contributed by atoms with Gasteiger partial charge in [0.15, 0.2) is 4.32 Å². The van der Waals surface area contributed by atoms with Crippen LogP contribution in [0.4, 0.5) is 15.8 Å². The van der Waals surface area contributed by atoms with E-state index in [4.69, 9.17) is 33.0 Å². The summed E-state index contributed by atoms with van der Waals surface area (Å²) in [6, 6.07) is 11.4. The van der Waals surface area contributed by atoms with Gasteiger partial charge in [-0.2, -0.15) is 0 Å². The van der Waals surface area contributed by atoms with E-state index in [2.05, 4.69) is 0 Å². The number of furan rings is 1. The lowest BCUT2D eigenvalue weighted by molar-refractivity contribution is -0.384. The maximum absolute atomic E-state index is 13.5. The van der Waals surface area contributed by atoms with Crippen LogP contribution < -0.4 is 9.64 Å². The van der Waals surface area contributed by atoms with Gasteiger partial charge < -0.3 is 9.15 Å². The molecule has 162 valence electrons. The van der Waals surface area contributed by atoms with Crippen LogP contribution in [0.15, 0.2) is 57.9 Å². The summed E-state index contributed by atoms with van der Waals surface area (Å²) in [7, 11) is 1.42. The molecule has 1 amide bonds. The Hall–Kier alpha value is -3.21. The number of amides is 1. The molecule has 32 heavy (non-hydrogen) atoms. The van der Waals surface area contributed by atoms with E-state index in [9.17, 15) is 19.3 Å². The Labute approximate surface area is 195 Å². The lowest BCUT2D eigenvalue weighted by Crippen LogP contribution is -2.27. The van der Waals surface area contributed by atoms with Crippen LogP contribution in [-0.2, 0) is 4.79 Å². The molecule has 4 rings (SSSR count). The summed E-state index contributed by atoms with van der Waals surface area (Å²) in [6.45, 7) is 0. The summed E-state index contributed by atoms with van der Waals surface area (Å²) in [4.78, 5) is 25.3. The van der Waals surface area contributed by atoms with Crippen LogP contribution in [0.5, 0.6) is 5.75 Å². The summed E-state index contributed by atoms with van der Waals surface area (Å²) < 4.78 is 24.5. The lowest BCUT2D eigenvalue weighted by atomic mass is 10.1. The van der Waals surface area contributed by atoms with Crippen molar-refractivity contribution in [2.45, 2.75) is 0 Å². The number of nitro benzene ring substituents is 1. The highest BCUT2D eigenvalue weighted by atomic mass is 35.5. The Morgan fingerprint density at radius 2 is 2.03 bits per heavy atom. The summed E-state index contributed by atoms with van der Waals surface area (Å²) in [6.07, 6.45) is 1.49. The van der Waals surface area contributed by atoms with Gasteiger partial charge in [-0.05, 0) is 42.5 Å². The van der Waals surface area contributed by atoms with E-state index in [0.29, 0.717) is 17.2 Å². The molecule has 1 aliphatic heterocycles. The number of carbonyl (C=O) groups is 1. The largest absolute Gasteiger partial charge is 0.497 e. The number of thiocarbonyl (C=S) groups is 1. The summed E-state index contributed by atoms with van der Waals surface area (Å²) >= 11 is 12.2.